The first-order valence-electron chi connectivity index (χ1n) is 11.2. The SMILES string of the molecule is Cc1cc(OCc2ccc(C(=O)N3CCC(=O)[C@@H]4CCCC[C@H]43)o2)c(C(C)C)cc1Cl. The molecule has 2 aromatic rings. The number of carbonyl (C=O) groups excluding carboxylic acids is 2. The maximum atomic E-state index is 13.1. The minimum Gasteiger partial charge on any atom is -0.485 e. The summed E-state index contributed by atoms with van der Waals surface area (Å²) in [5.41, 5.74) is 2.00. The lowest BCUT2D eigenvalue weighted by molar-refractivity contribution is -0.129. The Morgan fingerprint density at radius 2 is 2.03 bits per heavy atom. The van der Waals surface area contributed by atoms with Crippen LogP contribution in [0.15, 0.2) is 28.7 Å². The second-order valence-electron chi connectivity index (χ2n) is 9.02. The van der Waals surface area contributed by atoms with Gasteiger partial charge in [-0.25, -0.2) is 0 Å². The summed E-state index contributed by atoms with van der Waals surface area (Å²) >= 11 is 6.28. The van der Waals surface area contributed by atoms with Gasteiger partial charge in [-0.2, -0.15) is 0 Å². The van der Waals surface area contributed by atoms with E-state index in [1.54, 1.807) is 12.1 Å². The molecule has 0 unspecified atom stereocenters. The zero-order chi connectivity index (χ0) is 22.1. The number of piperidine rings is 1. The molecule has 5 nitrogen and oxygen atoms in total. The summed E-state index contributed by atoms with van der Waals surface area (Å²) in [7, 11) is 0. The van der Waals surface area contributed by atoms with E-state index >= 15 is 0 Å². The average Bonchev–Trinajstić information content (AvgIpc) is 3.23. The molecule has 0 radical (unpaired) electrons. The van der Waals surface area contributed by atoms with Gasteiger partial charge in [-0.05, 0) is 61.1 Å². The van der Waals surface area contributed by atoms with Crippen molar-refractivity contribution in [3.8, 4) is 5.75 Å². The Morgan fingerprint density at radius 1 is 1.26 bits per heavy atom. The summed E-state index contributed by atoms with van der Waals surface area (Å²) in [6.07, 6.45) is 4.36. The molecule has 1 amide bonds. The van der Waals surface area contributed by atoms with Crippen LogP contribution in [0, 0.1) is 12.8 Å². The highest BCUT2D eigenvalue weighted by atomic mass is 35.5. The lowest BCUT2D eigenvalue weighted by atomic mass is 9.77. The molecule has 1 aromatic heterocycles. The molecular formula is C25H30ClNO4. The van der Waals surface area contributed by atoms with Gasteiger partial charge in [-0.1, -0.05) is 38.3 Å². The van der Waals surface area contributed by atoms with Crippen LogP contribution in [0.2, 0.25) is 5.02 Å². The highest BCUT2D eigenvalue weighted by molar-refractivity contribution is 6.31. The highest BCUT2D eigenvalue weighted by Crippen LogP contribution is 2.35. The summed E-state index contributed by atoms with van der Waals surface area (Å²) in [4.78, 5) is 27.3. The first-order valence-corrected chi connectivity index (χ1v) is 11.6. The van der Waals surface area contributed by atoms with Crippen molar-refractivity contribution in [2.24, 2.45) is 5.92 Å². The summed E-state index contributed by atoms with van der Waals surface area (Å²) in [5, 5.41) is 0.725. The molecule has 2 aliphatic rings. The van der Waals surface area contributed by atoms with Crippen LogP contribution < -0.4 is 4.74 Å². The van der Waals surface area contributed by atoms with Crippen LogP contribution in [0.3, 0.4) is 0 Å². The molecule has 166 valence electrons. The van der Waals surface area contributed by atoms with Crippen LogP contribution in [0.1, 0.15) is 79.3 Å². The van der Waals surface area contributed by atoms with E-state index in [4.69, 9.17) is 20.8 Å². The number of amides is 1. The van der Waals surface area contributed by atoms with Gasteiger partial charge >= 0.3 is 0 Å². The molecule has 1 saturated heterocycles. The molecule has 0 spiro atoms. The monoisotopic (exact) mass is 443 g/mol. The predicted octanol–water partition coefficient (Wildman–Crippen LogP) is 5.92. The van der Waals surface area contributed by atoms with Crippen molar-refractivity contribution >= 4 is 23.3 Å². The number of hydrogen-bond acceptors (Lipinski definition) is 4. The van der Waals surface area contributed by atoms with Crippen molar-refractivity contribution in [2.45, 2.75) is 71.4 Å². The molecule has 2 fully saturated rings. The van der Waals surface area contributed by atoms with E-state index in [-0.39, 0.29) is 30.4 Å². The third kappa shape index (κ3) is 4.52. The number of furan rings is 1. The predicted molar refractivity (Wildman–Crippen MR) is 120 cm³/mol. The molecule has 6 heteroatoms. The number of aryl methyl sites for hydroxylation is 1. The molecule has 0 N–H and O–H groups in total. The fourth-order valence-electron chi connectivity index (χ4n) is 4.80. The molecule has 2 atom stereocenters. The topological polar surface area (TPSA) is 59.8 Å². The highest BCUT2D eigenvalue weighted by Gasteiger charge is 2.41. The summed E-state index contributed by atoms with van der Waals surface area (Å²) in [6, 6.07) is 7.41. The molecule has 1 aliphatic heterocycles. The Bertz CT molecular complexity index is 980. The van der Waals surface area contributed by atoms with E-state index in [0.717, 1.165) is 47.6 Å². The number of halogens is 1. The maximum Gasteiger partial charge on any atom is 0.289 e. The smallest absolute Gasteiger partial charge is 0.289 e. The first-order chi connectivity index (χ1) is 14.8. The number of fused-ring (bicyclic) bond motifs is 1. The average molecular weight is 444 g/mol. The van der Waals surface area contributed by atoms with Crippen molar-refractivity contribution in [3.63, 3.8) is 0 Å². The number of likely N-dealkylation sites (tertiary alicyclic amines) is 1. The number of hydrogen-bond donors (Lipinski definition) is 0. The first kappa shape index (κ1) is 21.9. The number of rotatable bonds is 5. The lowest BCUT2D eigenvalue weighted by Crippen LogP contribution is -2.53. The fraction of sp³-hybridized carbons (Fsp3) is 0.520. The maximum absolute atomic E-state index is 13.1. The van der Waals surface area contributed by atoms with Crippen molar-refractivity contribution in [1.29, 1.82) is 0 Å². The molecule has 31 heavy (non-hydrogen) atoms. The number of nitrogens with zero attached hydrogens (tertiary/aromatic N) is 1. The Kier molecular flexibility index (Phi) is 6.42. The molecule has 2 heterocycles. The number of benzene rings is 1. The molecular weight excluding hydrogens is 414 g/mol. The molecule has 1 aliphatic carbocycles. The van der Waals surface area contributed by atoms with Gasteiger partial charge in [0.2, 0.25) is 0 Å². The fourth-order valence-corrected chi connectivity index (χ4v) is 4.97. The molecule has 1 aromatic carbocycles. The van der Waals surface area contributed by atoms with E-state index in [9.17, 15) is 9.59 Å². The third-order valence-corrected chi connectivity index (χ3v) is 6.97. The van der Waals surface area contributed by atoms with Crippen molar-refractivity contribution in [2.75, 3.05) is 6.54 Å². The van der Waals surface area contributed by atoms with Crippen LogP contribution in [-0.4, -0.2) is 29.2 Å². The van der Waals surface area contributed by atoms with Gasteiger partial charge < -0.3 is 14.1 Å². The van der Waals surface area contributed by atoms with Gasteiger partial charge in [0, 0.05) is 29.9 Å². The van der Waals surface area contributed by atoms with E-state index in [0.29, 0.717) is 30.3 Å². The van der Waals surface area contributed by atoms with Crippen LogP contribution >= 0.6 is 11.6 Å². The quantitative estimate of drug-likeness (QED) is 0.575. The Hall–Kier alpha value is -2.27. The Labute approximate surface area is 188 Å². The number of ether oxygens (including phenoxy) is 1. The summed E-state index contributed by atoms with van der Waals surface area (Å²) in [6.45, 7) is 6.86. The zero-order valence-electron chi connectivity index (χ0n) is 18.4. The van der Waals surface area contributed by atoms with Gasteiger partial charge in [0.15, 0.2) is 5.76 Å². The Balaban J connectivity index is 1.46. The lowest BCUT2D eigenvalue weighted by Gasteiger charge is -2.42. The normalized spacial score (nSPS) is 21.3. The van der Waals surface area contributed by atoms with E-state index in [1.807, 2.05) is 24.0 Å². The van der Waals surface area contributed by atoms with Gasteiger partial charge in [-0.15, -0.1) is 0 Å². The number of ketones is 1. The van der Waals surface area contributed by atoms with Gasteiger partial charge in [0.05, 0.1) is 0 Å². The number of Topliss-reactive ketones (excluding diaryl/α,β-unsaturated/α-hetero) is 1. The van der Waals surface area contributed by atoms with Crippen LogP contribution in [0.4, 0.5) is 0 Å². The second-order valence-corrected chi connectivity index (χ2v) is 9.43. The molecule has 0 bridgehead atoms. The van der Waals surface area contributed by atoms with Crippen molar-refractivity contribution in [3.05, 3.63) is 51.9 Å². The molecule has 4 rings (SSSR count). The van der Waals surface area contributed by atoms with Crippen molar-refractivity contribution in [1.82, 2.24) is 4.90 Å². The Morgan fingerprint density at radius 3 is 2.81 bits per heavy atom. The standard InChI is InChI=1S/C25H30ClNO4/c1-15(2)19-13-20(26)16(3)12-24(19)30-14-17-8-9-23(31-17)25(29)27-11-10-22(28)18-6-4-5-7-21(18)27/h8-9,12-13,15,18,21H,4-7,10-11,14H2,1-3H3/t18-,21-/m1/s1. The minimum absolute atomic E-state index is 0.00758. The third-order valence-electron chi connectivity index (χ3n) is 6.56. The van der Waals surface area contributed by atoms with Gasteiger partial charge in [-0.3, -0.25) is 9.59 Å². The van der Waals surface area contributed by atoms with E-state index < -0.39 is 0 Å². The van der Waals surface area contributed by atoms with E-state index in [2.05, 4.69) is 13.8 Å². The zero-order valence-corrected chi connectivity index (χ0v) is 19.2. The van der Waals surface area contributed by atoms with Crippen LogP contribution in [-0.2, 0) is 11.4 Å². The minimum atomic E-state index is -0.124. The van der Waals surface area contributed by atoms with Gasteiger partial charge in [0.1, 0.15) is 23.9 Å². The van der Waals surface area contributed by atoms with Gasteiger partial charge in [0.25, 0.3) is 5.91 Å². The second kappa shape index (κ2) is 9.07. The van der Waals surface area contributed by atoms with Crippen LogP contribution in [0.25, 0.3) is 0 Å². The number of carbonyl (C=O) groups is 2. The van der Waals surface area contributed by atoms with Crippen molar-refractivity contribution < 1.29 is 18.7 Å². The largest absolute Gasteiger partial charge is 0.485 e. The summed E-state index contributed by atoms with van der Waals surface area (Å²) < 4.78 is 11.9. The molecule has 1 saturated carbocycles. The summed E-state index contributed by atoms with van der Waals surface area (Å²) in [5.74, 6) is 2.13. The van der Waals surface area contributed by atoms with Crippen LogP contribution in [0.5, 0.6) is 5.75 Å². The van der Waals surface area contributed by atoms with E-state index in [1.165, 1.54) is 0 Å².